The summed E-state index contributed by atoms with van der Waals surface area (Å²) in [5.74, 6) is -0.523. The van der Waals surface area contributed by atoms with Crippen molar-refractivity contribution in [1.29, 1.82) is 0 Å². The number of phosphoric ester groups is 2. The smallest absolute Gasteiger partial charge is 0.462 e. The number of ether oxygens (including phenoxy) is 4. The van der Waals surface area contributed by atoms with Gasteiger partial charge in [0.2, 0.25) is 0 Å². The van der Waals surface area contributed by atoms with Gasteiger partial charge in [0.25, 0.3) is 0 Å². The first-order chi connectivity index (χ1) is 49.4. The standard InChI is InChI=1S/C83H162O17P2/c1-7-10-12-14-16-18-20-22-24-28-32-36-40-47-53-59-65-80(85)93-71-78(99-82(87)68-62-56-50-42-38-34-30-26-27-31-35-39-45-51-57-63-75(4)5)73-97-101(89,90)95-69-77(84)70-96-102(91,92)98-74-79(72-94-81(86)66-60-54-48-44-43-46-52-58-64-76(6)9-3)100-83(88)67-61-55-49-41-37-33-29-25-23-21-19-17-15-13-11-8-2/h75-79,84H,7-74H2,1-6H3,(H,89,90)(H,91,92)/t76?,77-,78-,79-/m1/s1. The molecule has 3 N–H and O–H groups in total. The van der Waals surface area contributed by atoms with Crippen LogP contribution in [0.2, 0.25) is 0 Å². The Kier molecular flexibility index (Phi) is 73.1. The lowest BCUT2D eigenvalue weighted by Crippen LogP contribution is -2.30. The van der Waals surface area contributed by atoms with E-state index in [1.165, 1.54) is 257 Å². The highest BCUT2D eigenvalue weighted by Crippen LogP contribution is 2.45. The van der Waals surface area contributed by atoms with Gasteiger partial charge in [0, 0.05) is 25.7 Å². The molecular formula is C83H162O17P2. The number of aliphatic hydroxyl groups is 1. The molecule has 0 radical (unpaired) electrons. The Hall–Kier alpha value is -1.94. The van der Waals surface area contributed by atoms with E-state index in [9.17, 15) is 43.2 Å². The lowest BCUT2D eigenvalue weighted by atomic mass is 9.99. The van der Waals surface area contributed by atoms with Gasteiger partial charge in [-0.2, -0.15) is 0 Å². The summed E-state index contributed by atoms with van der Waals surface area (Å²) in [7, 11) is -9.92. The minimum Gasteiger partial charge on any atom is -0.462 e. The van der Waals surface area contributed by atoms with E-state index < -0.39 is 97.5 Å². The predicted molar refractivity (Wildman–Crippen MR) is 418 cm³/mol. The Morgan fingerprint density at radius 3 is 0.745 bits per heavy atom. The van der Waals surface area contributed by atoms with Gasteiger partial charge in [-0.3, -0.25) is 37.3 Å². The molecule has 606 valence electrons. The third-order valence-electron chi connectivity index (χ3n) is 19.8. The van der Waals surface area contributed by atoms with E-state index in [1.54, 1.807) is 0 Å². The maximum Gasteiger partial charge on any atom is 0.472 e. The van der Waals surface area contributed by atoms with Crippen LogP contribution in [0.15, 0.2) is 0 Å². The lowest BCUT2D eigenvalue weighted by Gasteiger charge is -2.21. The molecule has 0 aromatic rings. The summed E-state index contributed by atoms with van der Waals surface area (Å²) in [5, 5.41) is 10.7. The van der Waals surface area contributed by atoms with E-state index in [0.29, 0.717) is 25.7 Å². The highest BCUT2D eigenvalue weighted by atomic mass is 31.2. The van der Waals surface area contributed by atoms with Gasteiger partial charge < -0.3 is 33.8 Å². The van der Waals surface area contributed by atoms with E-state index in [0.717, 1.165) is 102 Å². The largest absolute Gasteiger partial charge is 0.472 e. The fourth-order valence-electron chi connectivity index (χ4n) is 12.9. The van der Waals surface area contributed by atoms with Crippen LogP contribution in [-0.2, 0) is 65.4 Å². The van der Waals surface area contributed by atoms with Crippen LogP contribution in [0.1, 0.15) is 440 Å². The average Bonchev–Trinajstić information content (AvgIpc) is 0.908. The molecule has 102 heavy (non-hydrogen) atoms. The van der Waals surface area contributed by atoms with Gasteiger partial charge >= 0.3 is 39.5 Å². The normalized spacial score (nSPS) is 14.1. The first kappa shape index (κ1) is 100. The van der Waals surface area contributed by atoms with Crippen LogP contribution < -0.4 is 0 Å². The number of hydrogen-bond donors (Lipinski definition) is 3. The molecule has 19 heteroatoms. The number of hydrogen-bond acceptors (Lipinski definition) is 15. The fraction of sp³-hybridized carbons (Fsp3) is 0.952. The number of esters is 4. The molecule has 0 aromatic carbocycles. The summed E-state index contributed by atoms with van der Waals surface area (Å²) in [5.41, 5.74) is 0. The van der Waals surface area contributed by atoms with Gasteiger partial charge in [0.05, 0.1) is 26.4 Å². The quantitative estimate of drug-likeness (QED) is 0.0222. The first-order valence-corrected chi connectivity index (χ1v) is 46.0. The van der Waals surface area contributed by atoms with Crippen molar-refractivity contribution in [3.05, 3.63) is 0 Å². The second-order valence-electron chi connectivity index (χ2n) is 30.6. The number of unbranched alkanes of at least 4 members (excludes halogenated alkanes) is 51. The molecule has 6 atom stereocenters. The van der Waals surface area contributed by atoms with Gasteiger partial charge in [-0.05, 0) is 37.5 Å². The SMILES string of the molecule is CCCCCCCCCCCCCCCCCCC(=O)OC[C@H](COP(=O)(O)OC[C@@H](O)COP(=O)(O)OC[C@@H](COC(=O)CCCCCCCCCCC(C)CC)OC(=O)CCCCCCCCCCCCCCCCCC)OC(=O)CCCCCCCCCCCCCCCCCC(C)C. The molecule has 0 rings (SSSR count). The van der Waals surface area contributed by atoms with Crippen LogP contribution in [0.25, 0.3) is 0 Å². The topological polar surface area (TPSA) is 237 Å². The van der Waals surface area contributed by atoms with Crippen molar-refractivity contribution < 1.29 is 80.2 Å². The van der Waals surface area contributed by atoms with Crippen LogP contribution in [0.3, 0.4) is 0 Å². The molecule has 0 saturated carbocycles. The third-order valence-corrected chi connectivity index (χ3v) is 21.7. The van der Waals surface area contributed by atoms with Gasteiger partial charge in [-0.25, -0.2) is 9.13 Å². The van der Waals surface area contributed by atoms with Crippen LogP contribution >= 0.6 is 15.6 Å². The Balaban J connectivity index is 5.27. The molecule has 0 saturated heterocycles. The molecule has 0 aliphatic rings. The lowest BCUT2D eigenvalue weighted by molar-refractivity contribution is -0.161. The molecule has 0 fully saturated rings. The Morgan fingerprint density at radius 1 is 0.284 bits per heavy atom. The van der Waals surface area contributed by atoms with Crippen molar-refractivity contribution in [1.82, 2.24) is 0 Å². The number of phosphoric acid groups is 2. The van der Waals surface area contributed by atoms with Crippen LogP contribution in [0.5, 0.6) is 0 Å². The molecule has 0 amide bonds. The number of carbonyl (C=O) groups is 4. The number of rotatable bonds is 82. The van der Waals surface area contributed by atoms with E-state index in [4.69, 9.17) is 37.0 Å². The maximum absolute atomic E-state index is 13.1. The Morgan fingerprint density at radius 2 is 0.500 bits per heavy atom. The van der Waals surface area contributed by atoms with E-state index in [-0.39, 0.29) is 25.7 Å². The van der Waals surface area contributed by atoms with Crippen molar-refractivity contribution >= 4 is 39.5 Å². The zero-order valence-corrected chi connectivity index (χ0v) is 68.7. The highest BCUT2D eigenvalue weighted by Gasteiger charge is 2.30. The maximum atomic E-state index is 13.1. The Bertz CT molecular complexity index is 1960. The molecule has 0 aromatic heterocycles. The predicted octanol–water partition coefficient (Wildman–Crippen LogP) is 25.1. The summed E-state index contributed by atoms with van der Waals surface area (Å²) < 4.78 is 68.8. The number of aliphatic hydroxyl groups excluding tert-OH is 1. The summed E-state index contributed by atoms with van der Waals surface area (Å²) in [6, 6.07) is 0. The van der Waals surface area contributed by atoms with Gasteiger partial charge in [0.1, 0.15) is 19.3 Å². The van der Waals surface area contributed by atoms with Gasteiger partial charge in [-0.1, -0.05) is 388 Å². The van der Waals surface area contributed by atoms with Crippen molar-refractivity contribution in [3.8, 4) is 0 Å². The third kappa shape index (κ3) is 74.9. The molecule has 0 aliphatic heterocycles. The second kappa shape index (κ2) is 74.5. The Labute approximate surface area is 626 Å². The molecule has 0 bridgehead atoms. The van der Waals surface area contributed by atoms with Crippen LogP contribution in [0, 0.1) is 11.8 Å². The average molecular weight is 1490 g/mol. The van der Waals surface area contributed by atoms with Crippen molar-refractivity contribution in [2.24, 2.45) is 11.8 Å². The van der Waals surface area contributed by atoms with E-state index >= 15 is 0 Å². The summed E-state index contributed by atoms with van der Waals surface area (Å²) in [6.45, 7) is 9.69. The van der Waals surface area contributed by atoms with Crippen molar-refractivity contribution in [3.63, 3.8) is 0 Å². The molecule has 17 nitrogen and oxygen atoms in total. The van der Waals surface area contributed by atoms with E-state index in [1.807, 2.05) is 0 Å². The van der Waals surface area contributed by atoms with Crippen molar-refractivity contribution in [2.75, 3.05) is 39.6 Å². The van der Waals surface area contributed by atoms with Gasteiger partial charge in [0.15, 0.2) is 12.2 Å². The van der Waals surface area contributed by atoms with Crippen LogP contribution in [0.4, 0.5) is 0 Å². The molecular weight excluding hydrogens is 1330 g/mol. The molecule has 0 aliphatic carbocycles. The van der Waals surface area contributed by atoms with Crippen LogP contribution in [-0.4, -0.2) is 96.7 Å². The fourth-order valence-corrected chi connectivity index (χ4v) is 14.4. The minimum atomic E-state index is -4.96. The highest BCUT2D eigenvalue weighted by molar-refractivity contribution is 7.47. The monoisotopic (exact) mass is 1490 g/mol. The molecule has 0 heterocycles. The second-order valence-corrected chi connectivity index (χ2v) is 33.5. The van der Waals surface area contributed by atoms with Crippen molar-refractivity contribution in [2.45, 2.75) is 458 Å². The zero-order valence-electron chi connectivity index (χ0n) is 66.9. The summed E-state index contributed by atoms with van der Waals surface area (Å²) in [6.07, 6.45) is 65.0. The molecule has 3 unspecified atom stereocenters. The first-order valence-electron chi connectivity index (χ1n) is 43.0. The zero-order chi connectivity index (χ0) is 74.9. The minimum absolute atomic E-state index is 0.108. The summed E-state index contributed by atoms with van der Waals surface area (Å²) in [4.78, 5) is 73.2. The number of carbonyl (C=O) groups excluding carboxylic acids is 4. The van der Waals surface area contributed by atoms with E-state index in [2.05, 4.69) is 41.5 Å². The molecule has 0 spiro atoms. The summed E-state index contributed by atoms with van der Waals surface area (Å²) >= 11 is 0. The van der Waals surface area contributed by atoms with Gasteiger partial charge in [-0.15, -0.1) is 0 Å².